The van der Waals surface area contributed by atoms with Crippen molar-refractivity contribution in [2.75, 3.05) is 6.54 Å². The van der Waals surface area contributed by atoms with E-state index in [0.29, 0.717) is 12.1 Å². The number of likely N-dealkylation sites (tertiary alicyclic amines) is 1. The summed E-state index contributed by atoms with van der Waals surface area (Å²) in [5, 5.41) is 0. The fourth-order valence-corrected chi connectivity index (χ4v) is 1.75. The van der Waals surface area contributed by atoms with E-state index >= 15 is 0 Å². The molecule has 1 aliphatic rings. The Kier molecular flexibility index (Phi) is 2.96. The second-order valence-electron chi connectivity index (χ2n) is 3.51. The van der Waals surface area contributed by atoms with Crippen molar-refractivity contribution in [1.29, 1.82) is 0 Å². The van der Waals surface area contributed by atoms with Crippen LogP contribution in [0.25, 0.3) is 0 Å². The average molecular weight is 151 g/mol. The van der Waals surface area contributed by atoms with Crippen LogP contribution >= 0.6 is 0 Å². The van der Waals surface area contributed by atoms with Crippen molar-refractivity contribution in [2.24, 2.45) is 0 Å². The molecule has 1 rings (SSSR count). The minimum atomic E-state index is 0.406. The topological polar surface area (TPSA) is 3.24 Å². The van der Waals surface area contributed by atoms with Crippen LogP contribution in [-0.2, 0) is 0 Å². The van der Waals surface area contributed by atoms with Crippen molar-refractivity contribution in [3.05, 3.63) is 0 Å². The molecule has 0 radical (unpaired) electrons. The molecule has 1 heterocycles. The molecule has 0 N–H and O–H groups in total. The molecule has 0 amide bonds. The maximum atomic E-state index is 5.44. The monoisotopic (exact) mass is 151 g/mol. The van der Waals surface area contributed by atoms with E-state index in [4.69, 9.17) is 6.42 Å². The van der Waals surface area contributed by atoms with Crippen LogP contribution in [0, 0.1) is 12.3 Å². The number of nitrogens with zero attached hydrogens (tertiary/aromatic N) is 1. The molecule has 1 heteroatoms. The molecule has 1 nitrogen and oxygen atoms in total. The first-order valence-corrected chi connectivity index (χ1v) is 4.47. The summed E-state index contributed by atoms with van der Waals surface area (Å²) in [4.78, 5) is 2.42. The largest absolute Gasteiger partial charge is 0.287 e. The lowest BCUT2D eigenvalue weighted by Crippen LogP contribution is -2.42. The SMILES string of the molecule is C#CC1CCCCN1C(C)C. The van der Waals surface area contributed by atoms with Crippen molar-refractivity contribution in [3.63, 3.8) is 0 Å². The van der Waals surface area contributed by atoms with Gasteiger partial charge in [0.2, 0.25) is 0 Å². The molecule has 11 heavy (non-hydrogen) atoms. The zero-order valence-electron chi connectivity index (χ0n) is 7.51. The van der Waals surface area contributed by atoms with Gasteiger partial charge in [0.05, 0.1) is 6.04 Å². The van der Waals surface area contributed by atoms with Crippen LogP contribution in [-0.4, -0.2) is 23.5 Å². The van der Waals surface area contributed by atoms with Gasteiger partial charge in [-0.1, -0.05) is 5.92 Å². The molecular formula is C10H17N. The second kappa shape index (κ2) is 3.78. The van der Waals surface area contributed by atoms with Crippen molar-refractivity contribution < 1.29 is 0 Å². The fraction of sp³-hybridized carbons (Fsp3) is 0.800. The summed E-state index contributed by atoms with van der Waals surface area (Å²) in [6, 6.07) is 1.01. The highest BCUT2D eigenvalue weighted by molar-refractivity contribution is 5.02. The molecule has 0 aromatic carbocycles. The molecule has 62 valence electrons. The van der Waals surface area contributed by atoms with Gasteiger partial charge in [0.15, 0.2) is 0 Å². The summed E-state index contributed by atoms with van der Waals surface area (Å²) in [5.74, 6) is 2.86. The Labute approximate surface area is 69.8 Å². The van der Waals surface area contributed by atoms with Gasteiger partial charge in [0.1, 0.15) is 0 Å². The predicted molar refractivity (Wildman–Crippen MR) is 48.3 cm³/mol. The number of hydrogen-bond acceptors (Lipinski definition) is 1. The van der Waals surface area contributed by atoms with E-state index in [9.17, 15) is 0 Å². The maximum Gasteiger partial charge on any atom is 0.0714 e. The fourth-order valence-electron chi connectivity index (χ4n) is 1.75. The molecule has 0 bridgehead atoms. The van der Waals surface area contributed by atoms with E-state index in [1.54, 1.807) is 0 Å². The molecule has 1 saturated heterocycles. The lowest BCUT2D eigenvalue weighted by Gasteiger charge is -2.35. The lowest BCUT2D eigenvalue weighted by molar-refractivity contribution is 0.146. The summed E-state index contributed by atoms with van der Waals surface area (Å²) >= 11 is 0. The van der Waals surface area contributed by atoms with Gasteiger partial charge >= 0.3 is 0 Å². The standard InChI is InChI=1S/C10H17N/c1-4-10-7-5-6-8-11(10)9(2)3/h1,9-10H,5-8H2,2-3H3. The summed E-state index contributed by atoms with van der Waals surface area (Å²) in [6.45, 7) is 5.62. The van der Waals surface area contributed by atoms with Crippen LogP contribution in [0.2, 0.25) is 0 Å². The summed E-state index contributed by atoms with van der Waals surface area (Å²) in [5.41, 5.74) is 0. The number of piperidine rings is 1. The van der Waals surface area contributed by atoms with Gasteiger partial charge in [-0.3, -0.25) is 4.90 Å². The molecule has 1 fully saturated rings. The predicted octanol–water partition coefficient (Wildman–Crippen LogP) is 1.88. The Morgan fingerprint density at radius 1 is 1.45 bits per heavy atom. The molecule has 0 saturated carbocycles. The number of terminal acetylenes is 1. The molecular weight excluding hydrogens is 134 g/mol. The third kappa shape index (κ3) is 1.97. The minimum absolute atomic E-state index is 0.406. The van der Waals surface area contributed by atoms with E-state index in [0.717, 1.165) is 0 Å². The second-order valence-corrected chi connectivity index (χ2v) is 3.51. The third-order valence-electron chi connectivity index (χ3n) is 2.40. The Hall–Kier alpha value is -0.480. The molecule has 0 aliphatic carbocycles. The Morgan fingerprint density at radius 3 is 2.64 bits per heavy atom. The molecule has 1 unspecified atom stereocenters. The van der Waals surface area contributed by atoms with E-state index in [1.165, 1.54) is 25.8 Å². The van der Waals surface area contributed by atoms with Gasteiger partial charge in [-0.25, -0.2) is 0 Å². The molecule has 0 aromatic heterocycles. The van der Waals surface area contributed by atoms with Gasteiger partial charge in [-0.05, 0) is 39.7 Å². The Balaban J connectivity index is 2.53. The zero-order valence-corrected chi connectivity index (χ0v) is 7.51. The highest BCUT2D eigenvalue weighted by atomic mass is 15.2. The number of rotatable bonds is 1. The lowest BCUT2D eigenvalue weighted by atomic mass is 10.0. The highest BCUT2D eigenvalue weighted by Crippen LogP contribution is 2.18. The van der Waals surface area contributed by atoms with Crippen molar-refractivity contribution in [2.45, 2.75) is 45.2 Å². The normalized spacial score (nSPS) is 26.9. The Morgan fingerprint density at radius 2 is 2.18 bits per heavy atom. The van der Waals surface area contributed by atoms with Crippen LogP contribution in [0.15, 0.2) is 0 Å². The Bertz CT molecular complexity index is 155. The van der Waals surface area contributed by atoms with Crippen molar-refractivity contribution in [3.8, 4) is 12.3 Å². The van der Waals surface area contributed by atoms with Gasteiger partial charge < -0.3 is 0 Å². The van der Waals surface area contributed by atoms with E-state index in [1.807, 2.05) is 0 Å². The van der Waals surface area contributed by atoms with Crippen LogP contribution < -0.4 is 0 Å². The first-order chi connectivity index (χ1) is 5.25. The third-order valence-corrected chi connectivity index (χ3v) is 2.40. The maximum absolute atomic E-state index is 5.44. The highest BCUT2D eigenvalue weighted by Gasteiger charge is 2.21. The van der Waals surface area contributed by atoms with Gasteiger partial charge in [-0.15, -0.1) is 6.42 Å². The zero-order chi connectivity index (χ0) is 8.27. The van der Waals surface area contributed by atoms with Crippen LogP contribution in [0.4, 0.5) is 0 Å². The van der Waals surface area contributed by atoms with E-state index in [-0.39, 0.29) is 0 Å². The summed E-state index contributed by atoms with van der Waals surface area (Å²) in [7, 11) is 0. The summed E-state index contributed by atoms with van der Waals surface area (Å²) < 4.78 is 0. The minimum Gasteiger partial charge on any atom is -0.287 e. The van der Waals surface area contributed by atoms with Gasteiger partial charge in [0.25, 0.3) is 0 Å². The van der Waals surface area contributed by atoms with Crippen LogP contribution in [0.1, 0.15) is 33.1 Å². The van der Waals surface area contributed by atoms with Gasteiger partial charge in [0, 0.05) is 6.04 Å². The summed E-state index contributed by atoms with van der Waals surface area (Å²) in [6.07, 6.45) is 9.25. The quantitative estimate of drug-likeness (QED) is 0.517. The first-order valence-electron chi connectivity index (χ1n) is 4.47. The van der Waals surface area contributed by atoms with Crippen molar-refractivity contribution >= 4 is 0 Å². The molecule has 0 aromatic rings. The van der Waals surface area contributed by atoms with Crippen LogP contribution in [0.3, 0.4) is 0 Å². The smallest absolute Gasteiger partial charge is 0.0714 e. The van der Waals surface area contributed by atoms with Crippen LogP contribution in [0.5, 0.6) is 0 Å². The molecule has 1 aliphatic heterocycles. The molecule has 1 atom stereocenters. The number of hydrogen-bond donors (Lipinski definition) is 0. The van der Waals surface area contributed by atoms with E-state index in [2.05, 4.69) is 24.7 Å². The van der Waals surface area contributed by atoms with Gasteiger partial charge in [-0.2, -0.15) is 0 Å². The van der Waals surface area contributed by atoms with E-state index < -0.39 is 0 Å². The first kappa shape index (κ1) is 8.62. The average Bonchev–Trinajstić information content (AvgIpc) is 2.04. The van der Waals surface area contributed by atoms with Crippen molar-refractivity contribution in [1.82, 2.24) is 4.90 Å². The molecule has 0 spiro atoms.